The smallest absolute Gasteiger partial charge is 0.335 e. The van der Waals surface area contributed by atoms with E-state index < -0.39 is 5.97 Å². The minimum atomic E-state index is -0.950. The van der Waals surface area contributed by atoms with Crippen LogP contribution in [0.25, 0.3) is 0 Å². The minimum Gasteiger partial charge on any atom is -0.478 e. The van der Waals surface area contributed by atoms with Crippen molar-refractivity contribution in [2.45, 2.75) is 32.1 Å². The first kappa shape index (κ1) is 17.5. The predicted molar refractivity (Wildman–Crippen MR) is 92.1 cm³/mol. The van der Waals surface area contributed by atoms with Crippen LogP contribution in [0.3, 0.4) is 0 Å². The van der Waals surface area contributed by atoms with Crippen LogP contribution in [0.1, 0.15) is 41.6 Å². The van der Waals surface area contributed by atoms with Crippen LogP contribution in [0, 0.1) is 11.8 Å². The highest BCUT2D eigenvalue weighted by atomic mass is 16.4. The van der Waals surface area contributed by atoms with Gasteiger partial charge >= 0.3 is 5.97 Å². The number of carboxylic acid groups (broad SMARTS) is 1. The fraction of sp³-hybridized carbons (Fsp3) is 0.526. The Morgan fingerprint density at radius 1 is 1.16 bits per heavy atom. The second kappa shape index (κ2) is 7.68. The Kier molecular flexibility index (Phi) is 5.36. The molecule has 1 unspecified atom stereocenters. The van der Waals surface area contributed by atoms with Crippen molar-refractivity contribution in [1.82, 2.24) is 10.2 Å². The number of nitrogens with one attached hydrogen (secondary N) is 1. The zero-order chi connectivity index (χ0) is 17.8. The average Bonchev–Trinajstić information content (AvgIpc) is 3.46. The lowest BCUT2D eigenvalue weighted by Crippen LogP contribution is -2.46. The Morgan fingerprint density at radius 2 is 1.96 bits per heavy atom. The molecule has 0 radical (unpaired) electrons. The van der Waals surface area contributed by atoms with Crippen molar-refractivity contribution < 1.29 is 19.5 Å². The molecule has 1 saturated heterocycles. The molecule has 0 spiro atoms. The maximum absolute atomic E-state index is 12.4. The molecule has 6 nitrogen and oxygen atoms in total. The first-order valence-corrected chi connectivity index (χ1v) is 8.93. The molecule has 1 heterocycles. The summed E-state index contributed by atoms with van der Waals surface area (Å²) in [6.45, 7) is 1.76. The summed E-state index contributed by atoms with van der Waals surface area (Å²) >= 11 is 0. The van der Waals surface area contributed by atoms with Crippen LogP contribution in [0.15, 0.2) is 24.3 Å². The molecule has 1 aliphatic heterocycles. The van der Waals surface area contributed by atoms with Crippen LogP contribution in [-0.2, 0) is 16.0 Å². The number of amides is 2. The molecule has 1 aromatic carbocycles. The van der Waals surface area contributed by atoms with Crippen LogP contribution < -0.4 is 5.32 Å². The lowest BCUT2D eigenvalue weighted by molar-refractivity contribution is -0.136. The third kappa shape index (κ3) is 4.59. The van der Waals surface area contributed by atoms with Gasteiger partial charge in [0, 0.05) is 25.6 Å². The maximum atomic E-state index is 12.4. The van der Waals surface area contributed by atoms with E-state index in [0.717, 1.165) is 37.8 Å². The highest BCUT2D eigenvalue weighted by Crippen LogP contribution is 2.32. The van der Waals surface area contributed by atoms with Gasteiger partial charge in [-0.2, -0.15) is 0 Å². The molecule has 6 heteroatoms. The number of carbonyl (C=O) groups is 3. The fourth-order valence-corrected chi connectivity index (χ4v) is 3.31. The lowest BCUT2D eigenvalue weighted by Gasteiger charge is -2.32. The maximum Gasteiger partial charge on any atom is 0.335 e. The molecular weight excluding hydrogens is 320 g/mol. The summed E-state index contributed by atoms with van der Waals surface area (Å²) in [5, 5.41) is 11.9. The molecule has 3 rings (SSSR count). The van der Waals surface area contributed by atoms with Crippen molar-refractivity contribution in [3.05, 3.63) is 35.4 Å². The number of rotatable bonds is 6. The van der Waals surface area contributed by atoms with Crippen LogP contribution in [-0.4, -0.2) is 47.4 Å². The first-order chi connectivity index (χ1) is 12.0. The van der Waals surface area contributed by atoms with Gasteiger partial charge in [0.1, 0.15) is 0 Å². The summed E-state index contributed by atoms with van der Waals surface area (Å²) < 4.78 is 0. The van der Waals surface area contributed by atoms with E-state index in [1.54, 1.807) is 18.2 Å². The fourth-order valence-electron chi connectivity index (χ4n) is 3.31. The van der Waals surface area contributed by atoms with E-state index in [2.05, 4.69) is 5.32 Å². The molecule has 1 aliphatic carbocycles. The van der Waals surface area contributed by atoms with Crippen molar-refractivity contribution in [3.63, 3.8) is 0 Å². The van der Waals surface area contributed by atoms with Gasteiger partial charge in [0.25, 0.3) is 0 Å². The van der Waals surface area contributed by atoms with Crippen LogP contribution >= 0.6 is 0 Å². The minimum absolute atomic E-state index is 0.0114. The van der Waals surface area contributed by atoms with E-state index in [4.69, 9.17) is 5.11 Å². The van der Waals surface area contributed by atoms with E-state index in [-0.39, 0.29) is 29.2 Å². The lowest BCUT2D eigenvalue weighted by atomic mass is 9.96. The monoisotopic (exact) mass is 344 g/mol. The van der Waals surface area contributed by atoms with Gasteiger partial charge < -0.3 is 15.3 Å². The van der Waals surface area contributed by atoms with Crippen molar-refractivity contribution in [3.8, 4) is 0 Å². The van der Waals surface area contributed by atoms with Gasteiger partial charge in [-0.15, -0.1) is 0 Å². The van der Waals surface area contributed by atoms with E-state index in [9.17, 15) is 14.4 Å². The average molecular weight is 344 g/mol. The van der Waals surface area contributed by atoms with Crippen LogP contribution in [0.4, 0.5) is 0 Å². The Hall–Kier alpha value is -2.37. The molecule has 1 saturated carbocycles. The van der Waals surface area contributed by atoms with Crippen molar-refractivity contribution in [1.29, 1.82) is 0 Å². The van der Waals surface area contributed by atoms with Crippen LogP contribution in [0.2, 0.25) is 0 Å². The summed E-state index contributed by atoms with van der Waals surface area (Å²) in [4.78, 5) is 37.4. The van der Waals surface area contributed by atoms with E-state index in [1.807, 2.05) is 11.0 Å². The van der Waals surface area contributed by atoms with Crippen LogP contribution in [0.5, 0.6) is 0 Å². The molecule has 2 fully saturated rings. The number of likely N-dealkylation sites (tertiary alicyclic amines) is 1. The van der Waals surface area contributed by atoms with Crippen molar-refractivity contribution in [2.24, 2.45) is 11.8 Å². The Morgan fingerprint density at radius 3 is 2.68 bits per heavy atom. The number of hydrogen-bond acceptors (Lipinski definition) is 3. The Labute approximate surface area is 147 Å². The molecule has 0 bridgehead atoms. The molecular formula is C19H24N2O4. The van der Waals surface area contributed by atoms with Crippen molar-refractivity contribution >= 4 is 17.8 Å². The van der Waals surface area contributed by atoms with E-state index >= 15 is 0 Å². The largest absolute Gasteiger partial charge is 0.478 e. The van der Waals surface area contributed by atoms with Gasteiger partial charge in [-0.05, 0) is 49.8 Å². The zero-order valence-corrected chi connectivity index (χ0v) is 14.2. The van der Waals surface area contributed by atoms with Gasteiger partial charge in [-0.25, -0.2) is 4.79 Å². The second-order valence-corrected chi connectivity index (χ2v) is 6.94. The van der Waals surface area contributed by atoms with E-state index in [1.165, 1.54) is 0 Å². The molecule has 2 amide bonds. The van der Waals surface area contributed by atoms with Gasteiger partial charge in [0.05, 0.1) is 11.5 Å². The standard InChI is InChI=1S/C19H24N2O4/c22-17(16-5-2-10-21(12-16)18(23)14-6-7-14)20-9-8-13-3-1-4-15(11-13)19(24)25/h1,3-4,11,14,16H,2,5-10,12H2,(H,20,22)(H,24,25). The normalized spacial score (nSPS) is 20.2. The van der Waals surface area contributed by atoms with Gasteiger partial charge in [-0.3, -0.25) is 9.59 Å². The molecule has 25 heavy (non-hydrogen) atoms. The molecule has 2 aliphatic rings. The molecule has 0 aromatic heterocycles. The number of piperidine rings is 1. The highest BCUT2D eigenvalue weighted by molar-refractivity contribution is 5.87. The van der Waals surface area contributed by atoms with Gasteiger partial charge in [-0.1, -0.05) is 12.1 Å². The van der Waals surface area contributed by atoms with Crippen molar-refractivity contribution in [2.75, 3.05) is 19.6 Å². The Balaban J connectivity index is 1.46. The van der Waals surface area contributed by atoms with Gasteiger partial charge in [0.2, 0.25) is 11.8 Å². The first-order valence-electron chi connectivity index (χ1n) is 8.93. The highest BCUT2D eigenvalue weighted by Gasteiger charge is 2.36. The quantitative estimate of drug-likeness (QED) is 0.822. The van der Waals surface area contributed by atoms with E-state index in [0.29, 0.717) is 19.5 Å². The molecule has 2 N–H and O–H groups in total. The number of aromatic carboxylic acids is 1. The number of nitrogens with zero attached hydrogens (tertiary/aromatic N) is 1. The summed E-state index contributed by atoms with van der Waals surface area (Å²) in [6, 6.07) is 6.75. The number of carboxylic acids is 1. The summed E-state index contributed by atoms with van der Waals surface area (Å²) in [6.07, 6.45) is 4.25. The molecule has 134 valence electrons. The number of carbonyl (C=O) groups excluding carboxylic acids is 2. The molecule has 1 atom stereocenters. The summed E-state index contributed by atoms with van der Waals surface area (Å²) in [5.41, 5.74) is 1.14. The number of benzene rings is 1. The summed E-state index contributed by atoms with van der Waals surface area (Å²) in [7, 11) is 0. The zero-order valence-electron chi connectivity index (χ0n) is 14.2. The summed E-state index contributed by atoms with van der Waals surface area (Å²) in [5.74, 6) is -0.690. The third-order valence-corrected chi connectivity index (χ3v) is 4.92. The number of hydrogen-bond donors (Lipinski definition) is 2. The third-order valence-electron chi connectivity index (χ3n) is 4.92. The van der Waals surface area contributed by atoms with Gasteiger partial charge in [0.15, 0.2) is 0 Å². The molecule has 1 aromatic rings. The SMILES string of the molecule is O=C(O)c1cccc(CCNC(=O)C2CCCN(C(=O)C3CC3)C2)c1. The predicted octanol–water partition coefficient (Wildman–Crippen LogP) is 1.69. The topological polar surface area (TPSA) is 86.7 Å². The Bertz CT molecular complexity index is 669. The second-order valence-electron chi connectivity index (χ2n) is 6.94.